The largest absolute Gasteiger partial charge is 0.441 e. The normalized spacial score (nSPS) is 17.8. The van der Waals surface area contributed by atoms with Crippen LogP contribution >= 0.6 is 11.6 Å². The van der Waals surface area contributed by atoms with Crippen molar-refractivity contribution in [3.8, 4) is 0 Å². The van der Waals surface area contributed by atoms with Gasteiger partial charge in [-0.3, -0.25) is 0 Å². The zero-order chi connectivity index (χ0) is 7.40. The Morgan fingerprint density at radius 1 is 1.70 bits per heavy atom. The zero-order valence-corrected chi connectivity index (χ0v) is 7.02. The Bertz CT molecular complexity index is 145. The predicted octanol–water partition coefficient (Wildman–Crippen LogP) is 1.08. The maximum absolute atomic E-state index is 5.59. The second kappa shape index (κ2) is 3.81. The van der Waals surface area contributed by atoms with Crippen LogP contribution < -0.4 is 0 Å². The first-order valence-corrected chi connectivity index (χ1v) is 4.21. The summed E-state index contributed by atoms with van der Waals surface area (Å²) in [6.07, 6.45) is 0.983. The lowest BCUT2D eigenvalue weighted by Crippen LogP contribution is -2.17. The number of halogens is 1. The van der Waals surface area contributed by atoms with Crippen molar-refractivity contribution in [2.24, 2.45) is 0 Å². The first-order chi connectivity index (χ1) is 4.88. The summed E-state index contributed by atoms with van der Waals surface area (Å²) in [6, 6.07) is 0. The molecular weight excluding hydrogens is 150 g/mol. The quantitative estimate of drug-likeness (QED) is 0.447. The number of ether oxygens (including phenoxy) is 1. The van der Waals surface area contributed by atoms with Crippen LogP contribution in [0.2, 0.25) is 0 Å². The van der Waals surface area contributed by atoms with Gasteiger partial charge >= 0.3 is 5.90 Å². The monoisotopic (exact) mass is 162 g/mol. The molecule has 0 N–H and O–H groups in total. The lowest BCUT2D eigenvalue weighted by atomic mass is 10.5. The lowest BCUT2D eigenvalue weighted by Gasteiger charge is -1.93. The predicted molar refractivity (Wildman–Crippen MR) is 42.0 cm³/mol. The van der Waals surface area contributed by atoms with Crippen molar-refractivity contribution in [1.82, 2.24) is 0 Å². The van der Waals surface area contributed by atoms with E-state index in [1.807, 2.05) is 0 Å². The molecule has 0 fully saturated rings. The minimum absolute atomic E-state index is 0.687. The third-order valence-corrected chi connectivity index (χ3v) is 1.81. The molecular formula is C7H13ClNO+. The average Bonchev–Trinajstić information content (AvgIpc) is 2.36. The highest BCUT2D eigenvalue weighted by atomic mass is 35.5. The van der Waals surface area contributed by atoms with Crippen molar-refractivity contribution in [3.63, 3.8) is 0 Å². The Morgan fingerprint density at radius 2 is 2.50 bits per heavy atom. The van der Waals surface area contributed by atoms with Gasteiger partial charge in [-0.25, -0.2) is 0 Å². The average molecular weight is 163 g/mol. The van der Waals surface area contributed by atoms with E-state index in [2.05, 4.69) is 11.5 Å². The lowest BCUT2D eigenvalue weighted by molar-refractivity contribution is -0.514. The first-order valence-electron chi connectivity index (χ1n) is 3.68. The van der Waals surface area contributed by atoms with Crippen LogP contribution in [0.1, 0.15) is 13.3 Å². The highest BCUT2D eigenvalue weighted by Crippen LogP contribution is 1.98. The number of nitrogens with zero attached hydrogens (tertiary/aromatic N) is 1. The summed E-state index contributed by atoms with van der Waals surface area (Å²) in [4.78, 5) is 0. The Hall–Kier alpha value is -0.240. The van der Waals surface area contributed by atoms with Crippen LogP contribution in [0, 0.1) is 0 Å². The standard InChI is InChI=1S/C7H13ClNO/c1-2-7-9(4-3-8)5-6-10-7/h2-6H2,1H3/q+1. The molecule has 0 aliphatic carbocycles. The van der Waals surface area contributed by atoms with Crippen LogP contribution in [0.3, 0.4) is 0 Å². The maximum atomic E-state index is 5.59. The van der Waals surface area contributed by atoms with Crippen LogP contribution in [-0.2, 0) is 4.74 Å². The van der Waals surface area contributed by atoms with Gasteiger partial charge in [0.15, 0.2) is 19.7 Å². The number of hydrogen-bond donors (Lipinski definition) is 0. The molecule has 1 heterocycles. The van der Waals surface area contributed by atoms with Crippen LogP contribution in [0.4, 0.5) is 0 Å². The van der Waals surface area contributed by atoms with Gasteiger partial charge in [0, 0.05) is 0 Å². The Kier molecular flexibility index (Phi) is 3.00. The van der Waals surface area contributed by atoms with Crippen molar-refractivity contribution < 1.29 is 9.31 Å². The van der Waals surface area contributed by atoms with Gasteiger partial charge in [-0.1, -0.05) is 6.92 Å². The molecule has 10 heavy (non-hydrogen) atoms. The van der Waals surface area contributed by atoms with Gasteiger partial charge in [-0.05, 0) is 0 Å². The summed E-state index contributed by atoms with van der Waals surface area (Å²) in [5, 5.41) is 0. The fraction of sp³-hybridized carbons (Fsp3) is 0.857. The van der Waals surface area contributed by atoms with Crippen LogP contribution in [0.25, 0.3) is 0 Å². The third-order valence-electron chi connectivity index (χ3n) is 1.64. The molecule has 0 aromatic heterocycles. The van der Waals surface area contributed by atoms with E-state index < -0.39 is 0 Å². The molecule has 0 saturated carbocycles. The highest BCUT2D eigenvalue weighted by Gasteiger charge is 2.20. The Labute approximate surface area is 66.4 Å². The van der Waals surface area contributed by atoms with E-state index in [-0.39, 0.29) is 0 Å². The van der Waals surface area contributed by atoms with E-state index in [1.165, 1.54) is 0 Å². The number of hydrogen-bond acceptors (Lipinski definition) is 1. The Morgan fingerprint density at radius 3 is 3.10 bits per heavy atom. The molecule has 0 spiro atoms. The van der Waals surface area contributed by atoms with E-state index >= 15 is 0 Å². The van der Waals surface area contributed by atoms with Crippen molar-refractivity contribution >= 4 is 17.5 Å². The van der Waals surface area contributed by atoms with Gasteiger partial charge in [-0.2, -0.15) is 4.58 Å². The smallest absolute Gasteiger partial charge is 0.336 e. The third kappa shape index (κ3) is 1.63. The van der Waals surface area contributed by atoms with Gasteiger partial charge in [0.2, 0.25) is 0 Å². The second-order valence-corrected chi connectivity index (χ2v) is 2.65. The molecule has 0 atom stereocenters. The second-order valence-electron chi connectivity index (χ2n) is 2.27. The molecule has 0 amide bonds. The molecule has 1 rings (SSSR count). The van der Waals surface area contributed by atoms with Gasteiger partial charge in [-0.15, -0.1) is 11.6 Å². The van der Waals surface area contributed by atoms with Gasteiger partial charge < -0.3 is 4.74 Å². The first kappa shape index (κ1) is 7.86. The minimum atomic E-state index is 0.687. The van der Waals surface area contributed by atoms with Gasteiger partial charge in [0.05, 0.1) is 12.3 Å². The minimum Gasteiger partial charge on any atom is -0.441 e. The van der Waals surface area contributed by atoms with Crippen LogP contribution in [0.15, 0.2) is 0 Å². The van der Waals surface area contributed by atoms with E-state index in [0.717, 1.165) is 32.0 Å². The molecule has 1 aliphatic rings. The molecule has 0 aromatic carbocycles. The molecule has 0 unspecified atom stereocenters. The molecule has 0 aromatic rings. The fourth-order valence-corrected chi connectivity index (χ4v) is 1.36. The van der Waals surface area contributed by atoms with Crippen LogP contribution in [-0.4, -0.2) is 36.0 Å². The molecule has 0 bridgehead atoms. The SMILES string of the molecule is CCC1=[N+](CCCl)CCO1. The summed E-state index contributed by atoms with van der Waals surface area (Å²) in [7, 11) is 0. The fourth-order valence-electron chi connectivity index (χ4n) is 1.15. The summed E-state index contributed by atoms with van der Waals surface area (Å²) >= 11 is 5.59. The van der Waals surface area contributed by atoms with Gasteiger partial charge in [0.25, 0.3) is 0 Å². The molecule has 3 heteroatoms. The number of rotatable bonds is 3. The Balaban J connectivity index is 2.50. The van der Waals surface area contributed by atoms with Crippen molar-refractivity contribution in [1.29, 1.82) is 0 Å². The van der Waals surface area contributed by atoms with E-state index in [4.69, 9.17) is 16.3 Å². The molecule has 2 nitrogen and oxygen atoms in total. The van der Waals surface area contributed by atoms with E-state index in [1.54, 1.807) is 0 Å². The van der Waals surface area contributed by atoms with Crippen LogP contribution in [0.5, 0.6) is 0 Å². The van der Waals surface area contributed by atoms with Crippen molar-refractivity contribution in [2.75, 3.05) is 25.6 Å². The van der Waals surface area contributed by atoms with Crippen molar-refractivity contribution in [2.45, 2.75) is 13.3 Å². The summed E-state index contributed by atoms with van der Waals surface area (Å²) in [6.45, 7) is 4.86. The molecule has 0 saturated heterocycles. The summed E-state index contributed by atoms with van der Waals surface area (Å²) < 4.78 is 7.55. The molecule has 1 aliphatic heterocycles. The number of alkyl halides is 1. The summed E-state index contributed by atoms with van der Waals surface area (Å²) in [5.74, 6) is 1.79. The van der Waals surface area contributed by atoms with Gasteiger partial charge in [0.1, 0.15) is 0 Å². The van der Waals surface area contributed by atoms with E-state index in [9.17, 15) is 0 Å². The zero-order valence-electron chi connectivity index (χ0n) is 6.27. The maximum Gasteiger partial charge on any atom is 0.336 e. The highest BCUT2D eigenvalue weighted by molar-refractivity contribution is 6.17. The molecule has 0 radical (unpaired) electrons. The molecule has 58 valence electrons. The van der Waals surface area contributed by atoms with Crippen molar-refractivity contribution in [3.05, 3.63) is 0 Å². The van der Waals surface area contributed by atoms with E-state index in [0.29, 0.717) is 5.88 Å². The summed E-state index contributed by atoms with van der Waals surface area (Å²) in [5.41, 5.74) is 0. The topological polar surface area (TPSA) is 12.2 Å².